The zero-order valence-corrected chi connectivity index (χ0v) is 11.0. The van der Waals surface area contributed by atoms with Crippen LogP contribution in [0.5, 0.6) is 0 Å². The molecule has 2 aromatic rings. The molecule has 0 saturated carbocycles. The van der Waals surface area contributed by atoms with Crippen molar-refractivity contribution in [1.29, 1.82) is 5.26 Å². The van der Waals surface area contributed by atoms with Gasteiger partial charge in [0.1, 0.15) is 0 Å². The zero-order valence-electron chi connectivity index (χ0n) is 9.43. The highest BCUT2D eigenvalue weighted by molar-refractivity contribution is 9.10. The van der Waals surface area contributed by atoms with Gasteiger partial charge in [-0.05, 0) is 24.3 Å². The molecule has 2 rings (SSSR count). The summed E-state index contributed by atoms with van der Waals surface area (Å²) < 4.78 is 0.934. The molecule has 1 aromatic carbocycles. The highest BCUT2D eigenvalue weighted by Crippen LogP contribution is 2.12. The summed E-state index contributed by atoms with van der Waals surface area (Å²) in [5.41, 5.74) is 1.77. The summed E-state index contributed by atoms with van der Waals surface area (Å²) in [5.74, 6) is -0.00918. The Morgan fingerprint density at radius 3 is 2.67 bits per heavy atom. The van der Waals surface area contributed by atoms with Crippen LogP contribution in [0.25, 0.3) is 0 Å². The highest BCUT2D eigenvalue weighted by Gasteiger charge is 2.08. The van der Waals surface area contributed by atoms with Gasteiger partial charge >= 0.3 is 0 Å². The van der Waals surface area contributed by atoms with Crippen molar-refractivity contribution in [3.8, 4) is 6.07 Å². The lowest BCUT2D eigenvalue weighted by Crippen LogP contribution is -2.05. The minimum atomic E-state index is -0.00918. The lowest BCUT2D eigenvalue weighted by Gasteiger charge is -2.01. The lowest BCUT2D eigenvalue weighted by atomic mass is 10.1. The van der Waals surface area contributed by atoms with Gasteiger partial charge in [0.25, 0.3) is 0 Å². The summed E-state index contributed by atoms with van der Waals surface area (Å²) in [6.07, 6.45) is 1.75. The number of hydrogen-bond donors (Lipinski definition) is 0. The molecule has 3 nitrogen and oxygen atoms in total. The quantitative estimate of drug-likeness (QED) is 0.818. The Hall–Kier alpha value is -1.99. The SMILES string of the molecule is N#Cc1ccnc(CC(=O)c2ccc(Br)cc2)c1. The molecule has 0 bridgehead atoms. The fourth-order valence-corrected chi connectivity index (χ4v) is 1.81. The molecule has 0 aliphatic heterocycles. The summed E-state index contributed by atoms with van der Waals surface area (Å²) in [4.78, 5) is 16.1. The van der Waals surface area contributed by atoms with E-state index in [0.29, 0.717) is 16.8 Å². The summed E-state index contributed by atoms with van der Waals surface area (Å²) in [6.45, 7) is 0. The van der Waals surface area contributed by atoms with E-state index in [9.17, 15) is 4.79 Å². The first-order valence-electron chi connectivity index (χ1n) is 5.33. The van der Waals surface area contributed by atoms with E-state index >= 15 is 0 Å². The summed E-state index contributed by atoms with van der Waals surface area (Å²) in [6, 6.07) is 12.5. The van der Waals surface area contributed by atoms with Crippen LogP contribution in [0.1, 0.15) is 21.6 Å². The van der Waals surface area contributed by atoms with Gasteiger partial charge in [-0.25, -0.2) is 0 Å². The Morgan fingerprint density at radius 2 is 2.00 bits per heavy atom. The van der Waals surface area contributed by atoms with E-state index in [1.54, 1.807) is 30.5 Å². The fraction of sp³-hybridized carbons (Fsp3) is 0.0714. The van der Waals surface area contributed by atoms with Gasteiger partial charge in [0.2, 0.25) is 0 Å². The van der Waals surface area contributed by atoms with Crippen LogP contribution in [0.15, 0.2) is 47.1 Å². The molecule has 0 atom stereocenters. The number of nitriles is 1. The number of benzene rings is 1. The van der Waals surface area contributed by atoms with Crippen LogP contribution in [-0.2, 0) is 6.42 Å². The second-order valence-corrected chi connectivity index (χ2v) is 4.67. The first-order chi connectivity index (χ1) is 8.69. The van der Waals surface area contributed by atoms with Crippen molar-refractivity contribution in [2.45, 2.75) is 6.42 Å². The van der Waals surface area contributed by atoms with Gasteiger partial charge < -0.3 is 0 Å². The van der Waals surface area contributed by atoms with E-state index in [1.165, 1.54) is 0 Å². The van der Waals surface area contributed by atoms with Gasteiger partial charge in [-0.1, -0.05) is 28.1 Å². The first-order valence-corrected chi connectivity index (χ1v) is 6.12. The Balaban J connectivity index is 2.16. The molecule has 0 amide bonds. The normalized spacial score (nSPS) is 9.78. The maximum absolute atomic E-state index is 12.0. The van der Waals surface area contributed by atoms with E-state index in [4.69, 9.17) is 5.26 Å². The second kappa shape index (κ2) is 5.56. The van der Waals surface area contributed by atoms with Crippen molar-refractivity contribution in [3.05, 3.63) is 63.9 Å². The highest BCUT2D eigenvalue weighted by atomic mass is 79.9. The smallest absolute Gasteiger partial charge is 0.168 e. The number of halogens is 1. The van der Waals surface area contributed by atoms with Crippen molar-refractivity contribution >= 4 is 21.7 Å². The average molecular weight is 301 g/mol. The molecule has 88 valence electrons. The van der Waals surface area contributed by atoms with Crippen molar-refractivity contribution in [1.82, 2.24) is 4.98 Å². The predicted octanol–water partition coefficient (Wildman–Crippen LogP) is 3.14. The van der Waals surface area contributed by atoms with Crippen molar-refractivity contribution in [2.24, 2.45) is 0 Å². The third-order valence-electron chi connectivity index (χ3n) is 2.45. The number of hydrogen-bond acceptors (Lipinski definition) is 3. The number of ketones is 1. The number of pyridine rings is 1. The maximum atomic E-state index is 12.0. The molecule has 0 aliphatic carbocycles. The van der Waals surface area contributed by atoms with Crippen LogP contribution in [0.2, 0.25) is 0 Å². The van der Waals surface area contributed by atoms with Crippen LogP contribution in [0.3, 0.4) is 0 Å². The number of nitrogens with zero attached hydrogens (tertiary/aromatic N) is 2. The van der Waals surface area contributed by atoms with E-state index in [1.807, 2.05) is 18.2 Å². The number of carbonyl (C=O) groups excluding carboxylic acids is 1. The molecule has 18 heavy (non-hydrogen) atoms. The second-order valence-electron chi connectivity index (χ2n) is 3.75. The van der Waals surface area contributed by atoms with Gasteiger partial charge in [-0.3, -0.25) is 9.78 Å². The van der Waals surface area contributed by atoms with Crippen LogP contribution < -0.4 is 0 Å². The molecule has 0 N–H and O–H groups in total. The van der Waals surface area contributed by atoms with Crippen molar-refractivity contribution < 1.29 is 4.79 Å². The third-order valence-corrected chi connectivity index (χ3v) is 2.98. The van der Waals surface area contributed by atoms with Crippen LogP contribution in [0, 0.1) is 11.3 Å². The minimum absolute atomic E-state index is 0.00918. The largest absolute Gasteiger partial charge is 0.294 e. The number of Topliss-reactive ketones (excluding diaryl/α,β-unsaturated/α-hetero) is 1. The number of rotatable bonds is 3. The minimum Gasteiger partial charge on any atom is -0.294 e. The summed E-state index contributed by atoms with van der Waals surface area (Å²) in [5, 5.41) is 8.78. The van der Waals surface area contributed by atoms with Crippen LogP contribution >= 0.6 is 15.9 Å². The monoisotopic (exact) mass is 300 g/mol. The van der Waals surface area contributed by atoms with Crippen LogP contribution in [0.4, 0.5) is 0 Å². The fourth-order valence-electron chi connectivity index (χ4n) is 1.55. The molecule has 0 spiro atoms. The number of carbonyl (C=O) groups is 1. The predicted molar refractivity (Wildman–Crippen MR) is 71.1 cm³/mol. The van der Waals surface area contributed by atoms with Gasteiger partial charge in [0.15, 0.2) is 5.78 Å². The first kappa shape index (κ1) is 12.5. The average Bonchev–Trinajstić information content (AvgIpc) is 2.39. The van der Waals surface area contributed by atoms with Crippen molar-refractivity contribution in [3.63, 3.8) is 0 Å². The maximum Gasteiger partial charge on any atom is 0.168 e. The molecule has 1 heterocycles. The molecule has 0 saturated heterocycles. The Kier molecular flexibility index (Phi) is 3.85. The molecule has 1 aromatic heterocycles. The molecular formula is C14H9BrN2O. The molecule has 0 unspecified atom stereocenters. The van der Waals surface area contributed by atoms with E-state index in [0.717, 1.165) is 4.47 Å². The third kappa shape index (κ3) is 3.02. The Morgan fingerprint density at radius 1 is 1.28 bits per heavy atom. The summed E-state index contributed by atoms with van der Waals surface area (Å²) in [7, 11) is 0. The van der Waals surface area contributed by atoms with Gasteiger partial charge in [0.05, 0.1) is 18.1 Å². The number of aromatic nitrogens is 1. The molecule has 0 aliphatic rings. The topological polar surface area (TPSA) is 53.8 Å². The molecule has 0 fully saturated rings. The van der Waals surface area contributed by atoms with Crippen molar-refractivity contribution in [2.75, 3.05) is 0 Å². The van der Waals surface area contributed by atoms with Gasteiger partial charge in [-0.2, -0.15) is 5.26 Å². The molecule has 4 heteroatoms. The van der Waals surface area contributed by atoms with E-state index in [2.05, 4.69) is 20.9 Å². The molecule has 0 radical (unpaired) electrons. The van der Waals surface area contributed by atoms with Gasteiger partial charge in [0, 0.05) is 21.9 Å². The lowest BCUT2D eigenvalue weighted by molar-refractivity contribution is 0.0992. The van der Waals surface area contributed by atoms with Gasteiger partial charge in [-0.15, -0.1) is 0 Å². The van der Waals surface area contributed by atoms with Crippen LogP contribution in [-0.4, -0.2) is 10.8 Å². The standard InChI is InChI=1S/C14H9BrN2O/c15-12-3-1-11(2-4-12)14(18)8-13-7-10(9-16)5-6-17-13/h1-7H,8H2. The Bertz CT molecular complexity index is 614. The summed E-state index contributed by atoms with van der Waals surface area (Å²) >= 11 is 3.32. The Labute approximate surface area is 113 Å². The zero-order chi connectivity index (χ0) is 13.0. The molecular weight excluding hydrogens is 292 g/mol. The van der Waals surface area contributed by atoms with E-state index in [-0.39, 0.29) is 12.2 Å². The van der Waals surface area contributed by atoms with E-state index < -0.39 is 0 Å².